The topological polar surface area (TPSA) is 72.9 Å². The van der Waals surface area contributed by atoms with Crippen molar-refractivity contribution in [1.29, 1.82) is 0 Å². The average molecular weight is 257 g/mol. The van der Waals surface area contributed by atoms with Crippen LogP contribution in [0.5, 0.6) is 0 Å². The highest BCUT2D eigenvalue weighted by Crippen LogP contribution is 2.18. The maximum atomic E-state index is 11.8. The molecule has 0 aromatic rings. The number of rotatable bonds is 1. The first-order valence-electron chi connectivity index (χ1n) is 5.80. The van der Waals surface area contributed by atoms with E-state index in [-0.39, 0.29) is 25.3 Å². The van der Waals surface area contributed by atoms with Gasteiger partial charge in [-0.2, -0.15) is 0 Å². The third kappa shape index (κ3) is 4.01. The number of nitrogens with zero attached hydrogens (tertiary/aromatic N) is 1. The fourth-order valence-electron chi connectivity index (χ4n) is 1.74. The number of Topliss-reactive ketones (excluding diaryl/α,β-unsaturated/α-hetero) is 1. The average Bonchev–Trinajstić information content (AvgIpc) is 2.24. The molecule has 0 bridgehead atoms. The molecular formula is C12H19NO5. The molecule has 0 radical (unpaired) electrons. The molecular weight excluding hydrogens is 238 g/mol. The zero-order valence-corrected chi connectivity index (χ0v) is 11.2. The molecule has 18 heavy (non-hydrogen) atoms. The molecule has 0 unspecified atom stereocenters. The van der Waals surface area contributed by atoms with Crippen LogP contribution in [0.4, 0.5) is 4.79 Å². The van der Waals surface area contributed by atoms with Gasteiger partial charge in [-0.1, -0.05) is 0 Å². The number of hydrogen-bond acceptors (Lipinski definition) is 5. The van der Waals surface area contributed by atoms with Crippen LogP contribution in [0.25, 0.3) is 0 Å². The van der Waals surface area contributed by atoms with Gasteiger partial charge in [0.05, 0.1) is 19.6 Å². The molecule has 0 aromatic heterocycles. The number of esters is 1. The Bertz CT molecular complexity index is 358. The second kappa shape index (κ2) is 5.37. The van der Waals surface area contributed by atoms with E-state index in [9.17, 15) is 14.4 Å². The number of methoxy groups -OCH3 is 1. The molecule has 1 fully saturated rings. The van der Waals surface area contributed by atoms with Gasteiger partial charge in [0.2, 0.25) is 0 Å². The number of carbonyl (C=O) groups is 3. The van der Waals surface area contributed by atoms with Gasteiger partial charge >= 0.3 is 12.1 Å². The Labute approximate surface area is 106 Å². The van der Waals surface area contributed by atoms with E-state index in [1.54, 1.807) is 20.8 Å². The number of piperidine rings is 1. The lowest BCUT2D eigenvalue weighted by atomic mass is 9.97. The summed E-state index contributed by atoms with van der Waals surface area (Å²) in [6.45, 7) is 5.38. The summed E-state index contributed by atoms with van der Waals surface area (Å²) in [4.78, 5) is 36.0. The summed E-state index contributed by atoms with van der Waals surface area (Å²) < 4.78 is 9.77. The molecule has 1 rings (SSSR count). The van der Waals surface area contributed by atoms with Crippen LogP contribution in [-0.2, 0) is 19.1 Å². The van der Waals surface area contributed by atoms with Crippen molar-refractivity contribution < 1.29 is 23.9 Å². The first kappa shape index (κ1) is 14.5. The summed E-state index contributed by atoms with van der Waals surface area (Å²) in [5.41, 5.74) is -0.627. The van der Waals surface area contributed by atoms with Crippen LogP contribution >= 0.6 is 0 Å². The molecule has 6 heteroatoms. The van der Waals surface area contributed by atoms with Crippen molar-refractivity contribution in [2.75, 3.05) is 20.2 Å². The molecule has 1 heterocycles. The number of likely N-dealkylation sites (tertiary alicyclic amines) is 1. The molecule has 0 spiro atoms. The minimum absolute atomic E-state index is 0.0115. The van der Waals surface area contributed by atoms with E-state index in [1.807, 2.05) is 0 Å². The van der Waals surface area contributed by atoms with Crippen LogP contribution in [0.2, 0.25) is 0 Å². The zero-order valence-electron chi connectivity index (χ0n) is 11.2. The number of carbonyl (C=O) groups excluding carboxylic acids is 3. The minimum atomic E-state index is -0.627. The normalized spacial score (nSPS) is 20.6. The van der Waals surface area contributed by atoms with E-state index in [0.717, 1.165) is 0 Å². The number of amides is 1. The Morgan fingerprint density at radius 1 is 1.33 bits per heavy atom. The van der Waals surface area contributed by atoms with Crippen molar-refractivity contribution in [2.24, 2.45) is 5.92 Å². The molecule has 1 aliphatic heterocycles. The van der Waals surface area contributed by atoms with E-state index in [0.29, 0.717) is 0 Å². The smallest absolute Gasteiger partial charge is 0.410 e. The molecule has 0 N–H and O–H groups in total. The van der Waals surface area contributed by atoms with E-state index >= 15 is 0 Å². The lowest BCUT2D eigenvalue weighted by Crippen LogP contribution is -2.48. The van der Waals surface area contributed by atoms with E-state index in [1.165, 1.54) is 12.0 Å². The van der Waals surface area contributed by atoms with Gasteiger partial charge in [-0.15, -0.1) is 0 Å². The Hall–Kier alpha value is -1.59. The van der Waals surface area contributed by atoms with Crippen LogP contribution < -0.4 is 0 Å². The van der Waals surface area contributed by atoms with Gasteiger partial charge in [0, 0.05) is 13.0 Å². The quantitative estimate of drug-likeness (QED) is 0.655. The van der Waals surface area contributed by atoms with E-state index in [4.69, 9.17) is 4.74 Å². The first-order chi connectivity index (χ1) is 8.23. The summed E-state index contributed by atoms with van der Waals surface area (Å²) in [7, 11) is 1.26. The third-order valence-electron chi connectivity index (χ3n) is 2.47. The van der Waals surface area contributed by atoms with Gasteiger partial charge in [-0.25, -0.2) is 4.79 Å². The summed E-state index contributed by atoms with van der Waals surface area (Å²) in [6, 6.07) is 0. The predicted octanol–water partition coefficient (Wildman–Crippen LogP) is 0.985. The number of hydrogen-bond donors (Lipinski definition) is 0. The highest BCUT2D eigenvalue weighted by atomic mass is 16.6. The third-order valence-corrected chi connectivity index (χ3v) is 2.47. The molecule has 1 amide bonds. The van der Waals surface area contributed by atoms with Crippen molar-refractivity contribution in [3.8, 4) is 0 Å². The Morgan fingerprint density at radius 3 is 2.44 bits per heavy atom. The maximum absolute atomic E-state index is 11.8. The summed E-state index contributed by atoms with van der Waals surface area (Å²) in [5, 5.41) is 0. The SMILES string of the molecule is COC(=O)[C@@H]1CC(=O)CN(C(=O)OC(C)(C)C)C1. The second-order valence-electron chi connectivity index (χ2n) is 5.32. The molecule has 6 nitrogen and oxygen atoms in total. The summed E-state index contributed by atoms with van der Waals surface area (Å²) in [5.74, 6) is -1.23. The van der Waals surface area contributed by atoms with Crippen LogP contribution in [0.15, 0.2) is 0 Å². The van der Waals surface area contributed by atoms with Gasteiger partial charge in [-0.05, 0) is 20.8 Å². The monoisotopic (exact) mass is 257 g/mol. The van der Waals surface area contributed by atoms with Gasteiger partial charge in [-0.3, -0.25) is 14.5 Å². The van der Waals surface area contributed by atoms with Crippen LogP contribution in [0.3, 0.4) is 0 Å². The molecule has 0 aliphatic carbocycles. The molecule has 1 aliphatic rings. The standard InChI is InChI=1S/C12H19NO5/c1-12(2,3)18-11(16)13-6-8(10(15)17-4)5-9(14)7-13/h8H,5-7H2,1-4H3/t8-/m1/s1. The van der Waals surface area contributed by atoms with Crippen molar-refractivity contribution in [1.82, 2.24) is 4.90 Å². The van der Waals surface area contributed by atoms with E-state index < -0.39 is 23.6 Å². The van der Waals surface area contributed by atoms with Gasteiger partial charge < -0.3 is 9.47 Å². The van der Waals surface area contributed by atoms with Crippen molar-refractivity contribution in [3.05, 3.63) is 0 Å². The lowest BCUT2D eigenvalue weighted by Gasteiger charge is -2.32. The van der Waals surface area contributed by atoms with E-state index in [2.05, 4.69) is 4.74 Å². The van der Waals surface area contributed by atoms with Crippen LogP contribution in [0.1, 0.15) is 27.2 Å². The summed E-state index contributed by atoms with van der Waals surface area (Å²) in [6.07, 6.45) is -0.462. The van der Waals surface area contributed by atoms with Gasteiger partial charge in [0.15, 0.2) is 5.78 Å². The van der Waals surface area contributed by atoms with Crippen molar-refractivity contribution >= 4 is 17.8 Å². The van der Waals surface area contributed by atoms with Crippen LogP contribution in [-0.4, -0.2) is 48.5 Å². The van der Waals surface area contributed by atoms with Crippen LogP contribution in [0, 0.1) is 5.92 Å². The van der Waals surface area contributed by atoms with Gasteiger partial charge in [0.1, 0.15) is 5.60 Å². The van der Waals surface area contributed by atoms with Crippen molar-refractivity contribution in [2.45, 2.75) is 32.8 Å². The Kier molecular flexibility index (Phi) is 4.32. The second-order valence-corrected chi connectivity index (χ2v) is 5.32. The Balaban J connectivity index is 2.69. The molecule has 0 saturated carbocycles. The van der Waals surface area contributed by atoms with Crippen molar-refractivity contribution in [3.63, 3.8) is 0 Å². The number of ketones is 1. The highest BCUT2D eigenvalue weighted by molar-refractivity contribution is 5.90. The highest BCUT2D eigenvalue weighted by Gasteiger charge is 2.35. The molecule has 1 saturated heterocycles. The lowest BCUT2D eigenvalue weighted by molar-refractivity contribution is -0.149. The Morgan fingerprint density at radius 2 is 1.94 bits per heavy atom. The first-order valence-corrected chi connectivity index (χ1v) is 5.80. The maximum Gasteiger partial charge on any atom is 0.410 e. The predicted molar refractivity (Wildman–Crippen MR) is 62.9 cm³/mol. The molecule has 0 aromatic carbocycles. The fourth-order valence-corrected chi connectivity index (χ4v) is 1.74. The number of ether oxygens (including phenoxy) is 2. The molecule has 102 valence electrons. The molecule has 1 atom stereocenters. The summed E-state index contributed by atoms with van der Waals surface area (Å²) >= 11 is 0. The van der Waals surface area contributed by atoms with Gasteiger partial charge in [0.25, 0.3) is 0 Å². The fraction of sp³-hybridized carbons (Fsp3) is 0.750. The minimum Gasteiger partial charge on any atom is -0.469 e. The largest absolute Gasteiger partial charge is 0.469 e. The zero-order chi connectivity index (χ0) is 13.9.